The summed E-state index contributed by atoms with van der Waals surface area (Å²) in [6, 6.07) is 7.19. The molecule has 1 aromatic rings. The lowest BCUT2D eigenvalue weighted by atomic mass is 9.70. The number of para-hydroxylation sites is 1. The Labute approximate surface area is 101 Å². The number of rotatable bonds is 2. The average molecular weight is 228 g/mol. The number of ketones is 1. The zero-order valence-corrected chi connectivity index (χ0v) is 10.1. The fraction of sp³-hybridized carbons (Fsp3) is 0.267. The molecule has 0 aliphatic heterocycles. The van der Waals surface area contributed by atoms with Crippen LogP contribution in [0.5, 0.6) is 5.75 Å². The van der Waals surface area contributed by atoms with Crippen molar-refractivity contribution < 1.29 is 9.90 Å². The Hall–Kier alpha value is -1.83. The number of hydrogen-bond acceptors (Lipinski definition) is 2. The molecule has 2 heteroatoms. The van der Waals surface area contributed by atoms with Crippen LogP contribution in [0.3, 0.4) is 0 Å². The van der Waals surface area contributed by atoms with Crippen molar-refractivity contribution in [2.24, 2.45) is 5.92 Å². The summed E-state index contributed by atoms with van der Waals surface area (Å²) in [6.45, 7) is 3.96. The first-order valence-electron chi connectivity index (χ1n) is 5.70. The van der Waals surface area contributed by atoms with E-state index < -0.39 is 5.41 Å². The second kappa shape index (κ2) is 4.21. The van der Waals surface area contributed by atoms with Crippen LogP contribution in [0.1, 0.15) is 19.4 Å². The zero-order chi connectivity index (χ0) is 12.5. The van der Waals surface area contributed by atoms with Crippen molar-refractivity contribution in [2.45, 2.75) is 19.3 Å². The highest BCUT2D eigenvalue weighted by Crippen LogP contribution is 2.38. The Morgan fingerprint density at radius 2 is 1.88 bits per heavy atom. The highest BCUT2D eigenvalue weighted by Gasteiger charge is 2.35. The summed E-state index contributed by atoms with van der Waals surface area (Å²) < 4.78 is 0. The molecule has 0 radical (unpaired) electrons. The SMILES string of the molecule is CC(C)(c1ccccc1O)C1C=CC=CC1=O. The summed E-state index contributed by atoms with van der Waals surface area (Å²) in [7, 11) is 0. The molecule has 1 aromatic carbocycles. The van der Waals surface area contributed by atoms with Crippen LogP contribution in [0.15, 0.2) is 48.6 Å². The van der Waals surface area contributed by atoms with Gasteiger partial charge in [0.15, 0.2) is 5.78 Å². The highest BCUT2D eigenvalue weighted by molar-refractivity contribution is 5.95. The van der Waals surface area contributed by atoms with E-state index in [4.69, 9.17) is 0 Å². The number of hydrogen-bond donors (Lipinski definition) is 1. The van der Waals surface area contributed by atoms with Crippen molar-refractivity contribution in [2.75, 3.05) is 0 Å². The fourth-order valence-electron chi connectivity index (χ4n) is 2.31. The first-order valence-corrected chi connectivity index (χ1v) is 5.70. The molecule has 1 unspecified atom stereocenters. The normalized spacial score (nSPS) is 19.6. The summed E-state index contributed by atoms with van der Waals surface area (Å²) in [5.41, 5.74) is 0.391. The Morgan fingerprint density at radius 3 is 2.53 bits per heavy atom. The van der Waals surface area contributed by atoms with E-state index in [1.807, 2.05) is 38.1 Å². The predicted molar refractivity (Wildman–Crippen MR) is 67.9 cm³/mol. The molecular weight excluding hydrogens is 212 g/mol. The summed E-state index contributed by atoms with van der Waals surface area (Å²) in [4.78, 5) is 11.9. The molecule has 0 amide bonds. The molecule has 1 N–H and O–H groups in total. The third-order valence-electron chi connectivity index (χ3n) is 3.36. The smallest absolute Gasteiger partial charge is 0.163 e. The van der Waals surface area contributed by atoms with Crippen molar-refractivity contribution in [1.29, 1.82) is 0 Å². The average Bonchev–Trinajstić information content (AvgIpc) is 2.29. The number of phenols is 1. The Morgan fingerprint density at radius 1 is 1.18 bits per heavy atom. The molecule has 0 fully saturated rings. The van der Waals surface area contributed by atoms with Crippen LogP contribution in [-0.4, -0.2) is 10.9 Å². The Kier molecular flexibility index (Phi) is 2.88. The van der Waals surface area contributed by atoms with E-state index in [1.165, 1.54) is 0 Å². The third kappa shape index (κ3) is 2.03. The summed E-state index contributed by atoms with van der Waals surface area (Å²) in [6.07, 6.45) is 7.12. The third-order valence-corrected chi connectivity index (χ3v) is 3.36. The van der Waals surface area contributed by atoms with Gasteiger partial charge in [-0.05, 0) is 12.1 Å². The summed E-state index contributed by atoms with van der Waals surface area (Å²) in [5, 5.41) is 9.91. The van der Waals surface area contributed by atoms with Gasteiger partial charge in [-0.15, -0.1) is 0 Å². The molecule has 88 valence electrons. The van der Waals surface area contributed by atoms with E-state index in [1.54, 1.807) is 24.3 Å². The number of carbonyl (C=O) groups excluding carboxylic acids is 1. The fourth-order valence-corrected chi connectivity index (χ4v) is 2.31. The maximum Gasteiger partial charge on any atom is 0.163 e. The van der Waals surface area contributed by atoms with Gasteiger partial charge < -0.3 is 5.11 Å². The number of benzene rings is 1. The molecule has 0 spiro atoms. The molecule has 0 saturated carbocycles. The molecular formula is C15H16O2. The second-order valence-corrected chi connectivity index (χ2v) is 4.86. The molecule has 1 aliphatic rings. The van der Waals surface area contributed by atoms with Gasteiger partial charge in [0, 0.05) is 16.9 Å². The molecule has 17 heavy (non-hydrogen) atoms. The van der Waals surface area contributed by atoms with Crippen molar-refractivity contribution >= 4 is 5.78 Å². The van der Waals surface area contributed by atoms with Gasteiger partial charge in [-0.3, -0.25) is 4.79 Å². The minimum Gasteiger partial charge on any atom is -0.508 e. The van der Waals surface area contributed by atoms with E-state index in [0.29, 0.717) is 0 Å². The van der Waals surface area contributed by atoms with Crippen molar-refractivity contribution in [3.8, 4) is 5.75 Å². The predicted octanol–water partition coefficient (Wildman–Crippen LogP) is 2.98. The molecule has 2 rings (SSSR count). The topological polar surface area (TPSA) is 37.3 Å². The summed E-state index contributed by atoms with van der Waals surface area (Å²) >= 11 is 0. The van der Waals surface area contributed by atoms with Gasteiger partial charge in [0.25, 0.3) is 0 Å². The van der Waals surface area contributed by atoms with Crippen LogP contribution in [-0.2, 0) is 10.2 Å². The number of phenolic OH excluding ortho intramolecular Hbond substituents is 1. The van der Waals surface area contributed by atoms with E-state index in [9.17, 15) is 9.90 Å². The molecule has 2 nitrogen and oxygen atoms in total. The molecule has 1 atom stereocenters. The van der Waals surface area contributed by atoms with Crippen molar-refractivity contribution in [3.05, 3.63) is 54.1 Å². The zero-order valence-electron chi connectivity index (χ0n) is 10.1. The minimum absolute atomic E-state index is 0.0840. The maximum atomic E-state index is 11.9. The standard InChI is InChI=1S/C15H16O2/c1-15(2,11-7-3-5-9-13(11)16)12-8-4-6-10-14(12)17/h3-11,17H,1-2H3. The van der Waals surface area contributed by atoms with Gasteiger partial charge in [-0.25, -0.2) is 0 Å². The largest absolute Gasteiger partial charge is 0.508 e. The summed E-state index contributed by atoms with van der Waals surface area (Å²) in [5.74, 6) is 0.106. The first kappa shape index (κ1) is 11.6. The van der Waals surface area contributed by atoms with Gasteiger partial charge in [-0.2, -0.15) is 0 Å². The lowest BCUT2D eigenvalue weighted by Gasteiger charge is -2.32. The van der Waals surface area contributed by atoms with Crippen molar-refractivity contribution in [1.82, 2.24) is 0 Å². The van der Waals surface area contributed by atoms with Crippen LogP contribution >= 0.6 is 0 Å². The van der Waals surface area contributed by atoms with Crippen LogP contribution in [0.4, 0.5) is 0 Å². The highest BCUT2D eigenvalue weighted by atomic mass is 16.3. The van der Waals surface area contributed by atoms with E-state index in [-0.39, 0.29) is 17.5 Å². The van der Waals surface area contributed by atoms with Gasteiger partial charge in [-0.1, -0.05) is 50.3 Å². The first-order chi connectivity index (χ1) is 8.03. The maximum absolute atomic E-state index is 11.9. The quantitative estimate of drug-likeness (QED) is 0.845. The van der Waals surface area contributed by atoms with Crippen LogP contribution < -0.4 is 0 Å². The van der Waals surface area contributed by atoms with E-state index in [0.717, 1.165) is 5.56 Å². The molecule has 0 saturated heterocycles. The van der Waals surface area contributed by atoms with Crippen LogP contribution in [0.2, 0.25) is 0 Å². The van der Waals surface area contributed by atoms with Gasteiger partial charge in [0.2, 0.25) is 0 Å². The number of aromatic hydroxyl groups is 1. The second-order valence-electron chi connectivity index (χ2n) is 4.86. The minimum atomic E-state index is -0.413. The molecule has 0 bridgehead atoms. The van der Waals surface area contributed by atoms with Gasteiger partial charge in [0.1, 0.15) is 5.75 Å². The molecule has 0 heterocycles. The number of carbonyl (C=O) groups is 1. The lowest BCUT2D eigenvalue weighted by molar-refractivity contribution is -0.118. The Bertz CT molecular complexity index is 495. The van der Waals surface area contributed by atoms with Gasteiger partial charge in [0.05, 0.1) is 0 Å². The van der Waals surface area contributed by atoms with Gasteiger partial charge >= 0.3 is 0 Å². The monoisotopic (exact) mass is 228 g/mol. The molecule has 1 aliphatic carbocycles. The van der Waals surface area contributed by atoms with E-state index in [2.05, 4.69) is 0 Å². The Balaban J connectivity index is 2.43. The molecule has 0 aromatic heterocycles. The van der Waals surface area contributed by atoms with E-state index >= 15 is 0 Å². The number of allylic oxidation sites excluding steroid dienone is 4. The van der Waals surface area contributed by atoms with Crippen molar-refractivity contribution in [3.63, 3.8) is 0 Å². The van der Waals surface area contributed by atoms with Crippen LogP contribution in [0.25, 0.3) is 0 Å². The van der Waals surface area contributed by atoms with Crippen LogP contribution in [0, 0.1) is 5.92 Å². The lowest BCUT2D eigenvalue weighted by Crippen LogP contribution is -2.33.